The molecule has 0 aromatic rings. The highest BCUT2D eigenvalue weighted by atomic mass is 16.2. The number of carbonyl (C=O) groups is 1. The molecule has 0 spiro atoms. The van der Waals surface area contributed by atoms with Crippen LogP contribution in [0.2, 0.25) is 0 Å². The van der Waals surface area contributed by atoms with Crippen molar-refractivity contribution in [3.05, 3.63) is 0 Å². The van der Waals surface area contributed by atoms with Crippen molar-refractivity contribution in [2.24, 2.45) is 30.8 Å². The number of aliphatic imine (C=N–C) groups is 4. The van der Waals surface area contributed by atoms with Gasteiger partial charge in [-0.05, 0) is 30.1 Å². The highest BCUT2D eigenvalue weighted by Gasteiger charge is 2.41. The number of hydrogen-bond acceptors (Lipinski definition) is 7. The predicted molar refractivity (Wildman–Crippen MR) is 82.3 cm³/mol. The van der Waals surface area contributed by atoms with E-state index >= 15 is 0 Å². The molecule has 128 valence electrons. The van der Waals surface area contributed by atoms with Gasteiger partial charge in [0.1, 0.15) is 0 Å². The van der Waals surface area contributed by atoms with E-state index in [1.165, 1.54) is 0 Å². The minimum absolute atomic E-state index is 0.00750. The highest BCUT2D eigenvalue weighted by Crippen LogP contribution is 2.47. The van der Waals surface area contributed by atoms with Crippen LogP contribution in [0.15, 0.2) is 20.0 Å². The molecular formula is C15H18N4O5. The lowest BCUT2D eigenvalue weighted by Gasteiger charge is -2.44. The number of isocyanates is 4. The van der Waals surface area contributed by atoms with Crippen molar-refractivity contribution < 1.29 is 24.0 Å². The van der Waals surface area contributed by atoms with Gasteiger partial charge in [-0.1, -0.05) is 20.8 Å². The Morgan fingerprint density at radius 3 is 2.00 bits per heavy atom. The van der Waals surface area contributed by atoms with E-state index in [1.54, 1.807) is 12.2 Å². The summed E-state index contributed by atoms with van der Waals surface area (Å²) in [6.07, 6.45) is 7.69. The van der Waals surface area contributed by atoms with Crippen LogP contribution in [0.5, 0.6) is 0 Å². The zero-order chi connectivity index (χ0) is 18.6. The summed E-state index contributed by atoms with van der Waals surface area (Å²) in [5.41, 5.74) is 0.0561. The molecule has 1 aliphatic rings. The molecule has 1 aliphatic carbocycles. The van der Waals surface area contributed by atoms with Crippen LogP contribution in [0, 0.1) is 10.8 Å². The van der Waals surface area contributed by atoms with Gasteiger partial charge in [-0.15, -0.1) is 9.98 Å². The van der Waals surface area contributed by atoms with Crippen molar-refractivity contribution in [2.75, 3.05) is 6.54 Å². The first-order valence-electron chi connectivity index (χ1n) is 7.02. The summed E-state index contributed by atoms with van der Waals surface area (Å²) in [5.74, 6) is 0. The number of amides is 2. The van der Waals surface area contributed by atoms with Crippen LogP contribution in [0.25, 0.3) is 0 Å². The van der Waals surface area contributed by atoms with Gasteiger partial charge in [-0.3, -0.25) is 0 Å². The SMILES string of the molecule is CC1(C)CC(N=C=O)CC(C)(CN=C=O)C1.O=C=NC(=O)N=C=O. The summed E-state index contributed by atoms with van der Waals surface area (Å²) in [6, 6.07) is -1.18. The number of carbonyl (C=O) groups excluding carboxylic acids is 5. The summed E-state index contributed by atoms with van der Waals surface area (Å²) in [4.78, 5) is 61.1. The van der Waals surface area contributed by atoms with Gasteiger partial charge in [0.25, 0.3) is 0 Å². The first-order chi connectivity index (χ1) is 11.2. The van der Waals surface area contributed by atoms with Crippen LogP contribution in [0.4, 0.5) is 4.79 Å². The number of nitrogens with zero attached hydrogens (tertiary/aromatic N) is 4. The van der Waals surface area contributed by atoms with Gasteiger partial charge >= 0.3 is 6.03 Å². The van der Waals surface area contributed by atoms with Crippen molar-refractivity contribution in [3.63, 3.8) is 0 Å². The molecule has 0 heterocycles. The maximum absolute atomic E-state index is 10.3. The van der Waals surface area contributed by atoms with Crippen LogP contribution in [-0.4, -0.2) is 42.9 Å². The van der Waals surface area contributed by atoms with Crippen LogP contribution < -0.4 is 0 Å². The fourth-order valence-corrected chi connectivity index (χ4v) is 3.19. The van der Waals surface area contributed by atoms with E-state index < -0.39 is 6.03 Å². The Bertz CT molecular complexity index is 629. The topological polar surface area (TPSA) is 135 Å². The molecule has 9 nitrogen and oxygen atoms in total. The molecule has 0 aromatic heterocycles. The molecule has 0 bridgehead atoms. The standard InChI is InChI=1S/C12H18N2O2.C3N2O3/c1-11(2)4-10(14-9-16)5-12(3,6-11)7-13-8-15;6-1-4-3(8)5-2-7/h10H,4-7H2,1-3H3;. The molecule has 0 N–H and O–H groups in total. The molecule has 1 saturated carbocycles. The average molecular weight is 334 g/mol. The molecule has 1 fully saturated rings. The van der Waals surface area contributed by atoms with Crippen molar-refractivity contribution >= 4 is 30.4 Å². The van der Waals surface area contributed by atoms with Gasteiger partial charge in [-0.2, -0.15) is 0 Å². The summed E-state index contributed by atoms with van der Waals surface area (Å²) in [7, 11) is 0. The third kappa shape index (κ3) is 8.59. The van der Waals surface area contributed by atoms with Crippen molar-refractivity contribution in [3.8, 4) is 0 Å². The number of urea groups is 1. The molecule has 24 heavy (non-hydrogen) atoms. The van der Waals surface area contributed by atoms with E-state index in [2.05, 4.69) is 40.7 Å². The molecule has 2 amide bonds. The van der Waals surface area contributed by atoms with Crippen LogP contribution >= 0.6 is 0 Å². The lowest BCUT2D eigenvalue weighted by atomic mass is 9.63. The second kappa shape index (κ2) is 10.1. The van der Waals surface area contributed by atoms with Gasteiger partial charge in [0.2, 0.25) is 24.3 Å². The third-order valence-electron chi connectivity index (χ3n) is 3.47. The fourth-order valence-electron chi connectivity index (χ4n) is 3.19. The molecule has 0 saturated heterocycles. The highest BCUT2D eigenvalue weighted by molar-refractivity contribution is 5.84. The zero-order valence-electron chi connectivity index (χ0n) is 13.7. The largest absolute Gasteiger partial charge is 0.388 e. The van der Waals surface area contributed by atoms with Gasteiger partial charge in [0, 0.05) is 0 Å². The maximum Gasteiger partial charge on any atom is 0.388 e. The molecule has 1 rings (SSSR count). The van der Waals surface area contributed by atoms with Crippen LogP contribution in [0.1, 0.15) is 40.0 Å². The minimum Gasteiger partial charge on any atom is -0.242 e. The van der Waals surface area contributed by atoms with E-state index in [-0.39, 0.29) is 16.9 Å². The Labute approximate surface area is 138 Å². The van der Waals surface area contributed by atoms with Crippen LogP contribution in [-0.2, 0) is 19.2 Å². The van der Waals surface area contributed by atoms with E-state index in [9.17, 15) is 24.0 Å². The van der Waals surface area contributed by atoms with Gasteiger partial charge < -0.3 is 0 Å². The van der Waals surface area contributed by atoms with Gasteiger partial charge in [0.15, 0.2) is 0 Å². The average Bonchev–Trinajstić information content (AvgIpc) is 2.45. The first-order valence-corrected chi connectivity index (χ1v) is 7.02. The Hall–Kier alpha value is -2.81. The van der Waals surface area contributed by atoms with Crippen molar-refractivity contribution in [2.45, 2.75) is 46.1 Å². The summed E-state index contributed by atoms with van der Waals surface area (Å²) >= 11 is 0. The molecule has 0 aliphatic heterocycles. The lowest BCUT2D eigenvalue weighted by Crippen LogP contribution is -2.39. The van der Waals surface area contributed by atoms with E-state index in [1.807, 2.05) is 0 Å². The molecule has 2 unspecified atom stereocenters. The van der Waals surface area contributed by atoms with Crippen LogP contribution in [0.3, 0.4) is 0 Å². The fraction of sp³-hybridized carbons (Fsp3) is 0.667. The molecule has 2 atom stereocenters. The number of hydrogen-bond donors (Lipinski definition) is 0. The predicted octanol–water partition coefficient (Wildman–Crippen LogP) is 2.02. The Balaban J connectivity index is 0.000000561. The third-order valence-corrected chi connectivity index (χ3v) is 3.47. The Kier molecular flexibility index (Phi) is 8.88. The van der Waals surface area contributed by atoms with E-state index in [4.69, 9.17) is 0 Å². The van der Waals surface area contributed by atoms with E-state index in [0.717, 1.165) is 31.4 Å². The normalized spacial score (nSPS) is 23.5. The minimum atomic E-state index is -1.19. The Morgan fingerprint density at radius 2 is 1.54 bits per heavy atom. The first kappa shape index (κ1) is 21.2. The second-order valence-corrected chi connectivity index (χ2v) is 6.53. The lowest BCUT2D eigenvalue weighted by molar-refractivity contribution is 0.0915. The summed E-state index contributed by atoms with van der Waals surface area (Å²) < 4.78 is 0. The second-order valence-electron chi connectivity index (χ2n) is 6.53. The zero-order valence-corrected chi connectivity index (χ0v) is 13.7. The molecule has 0 aromatic carbocycles. The summed E-state index contributed by atoms with van der Waals surface area (Å²) in [5, 5.41) is 0. The molecule has 0 radical (unpaired) electrons. The number of rotatable bonds is 3. The maximum atomic E-state index is 10.3. The smallest absolute Gasteiger partial charge is 0.242 e. The van der Waals surface area contributed by atoms with Gasteiger partial charge in [0.05, 0.1) is 12.6 Å². The van der Waals surface area contributed by atoms with E-state index in [0.29, 0.717) is 6.54 Å². The monoisotopic (exact) mass is 334 g/mol. The summed E-state index contributed by atoms with van der Waals surface area (Å²) in [6.45, 7) is 6.86. The van der Waals surface area contributed by atoms with Crippen molar-refractivity contribution in [1.29, 1.82) is 0 Å². The van der Waals surface area contributed by atoms with Crippen molar-refractivity contribution in [1.82, 2.24) is 0 Å². The molecule has 9 heteroatoms. The Morgan fingerprint density at radius 1 is 0.958 bits per heavy atom. The quantitative estimate of drug-likeness (QED) is 0.574. The van der Waals surface area contributed by atoms with Gasteiger partial charge in [-0.25, -0.2) is 34.0 Å². The molecular weight excluding hydrogens is 316 g/mol.